The van der Waals surface area contributed by atoms with Crippen molar-refractivity contribution < 1.29 is 14.0 Å². The van der Waals surface area contributed by atoms with E-state index in [-0.39, 0.29) is 17.7 Å². The molecule has 1 unspecified atom stereocenters. The first-order chi connectivity index (χ1) is 14.1. The van der Waals surface area contributed by atoms with Crippen molar-refractivity contribution in [3.63, 3.8) is 0 Å². The number of nitrogens with one attached hydrogen (secondary N) is 2. The van der Waals surface area contributed by atoms with Crippen molar-refractivity contribution in [3.8, 4) is 0 Å². The van der Waals surface area contributed by atoms with Crippen molar-refractivity contribution in [2.45, 2.75) is 25.2 Å². The van der Waals surface area contributed by atoms with E-state index in [1.54, 1.807) is 30.3 Å². The van der Waals surface area contributed by atoms with Gasteiger partial charge >= 0.3 is 0 Å². The molecular formula is C24H21FN2O2. The Bertz CT molecular complexity index is 1060. The first kappa shape index (κ1) is 18.9. The largest absolute Gasteiger partial charge is 0.326 e. The highest BCUT2D eigenvalue weighted by atomic mass is 19.1. The molecule has 1 aliphatic carbocycles. The van der Waals surface area contributed by atoms with E-state index in [0.29, 0.717) is 16.9 Å². The molecule has 0 saturated carbocycles. The average molecular weight is 388 g/mol. The van der Waals surface area contributed by atoms with E-state index < -0.39 is 5.82 Å². The van der Waals surface area contributed by atoms with Gasteiger partial charge < -0.3 is 10.6 Å². The Balaban J connectivity index is 1.48. The number of hydrogen-bond donors (Lipinski definition) is 2. The van der Waals surface area contributed by atoms with Gasteiger partial charge in [-0.05, 0) is 66.8 Å². The fourth-order valence-electron chi connectivity index (χ4n) is 3.76. The average Bonchev–Trinajstić information content (AvgIpc) is 2.73. The van der Waals surface area contributed by atoms with Crippen LogP contribution < -0.4 is 10.6 Å². The summed E-state index contributed by atoms with van der Waals surface area (Å²) in [5.74, 6) is -1.05. The summed E-state index contributed by atoms with van der Waals surface area (Å²) in [5, 5.41) is 5.61. The molecule has 1 atom stereocenters. The molecule has 4 nitrogen and oxygen atoms in total. The summed E-state index contributed by atoms with van der Waals surface area (Å²) in [6, 6.07) is 20.5. The molecular weight excluding hydrogens is 367 g/mol. The molecule has 0 aliphatic heterocycles. The predicted molar refractivity (Wildman–Crippen MR) is 112 cm³/mol. The molecule has 146 valence electrons. The van der Waals surface area contributed by atoms with Crippen LogP contribution >= 0.6 is 0 Å². The zero-order valence-corrected chi connectivity index (χ0v) is 15.8. The Hall–Kier alpha value is -3.47. The highest BCUT2D eigenvalue weighted by Gasteiger charge is 2.26. The van der Waals surface area contributed by atoms with Gasteiger partial charge in [0, 0.05) is 16.9 Å². The Kier molecular flexibility index (Phi) is 5.38. The Morgan fingerprint density at radius 2 is 1.62 bits per heavy atom. The Labute approximate surface area is 168 Å². The Morgan fingerprint density at radius 3 is 2.45 bits per heavy atom. The fraction of sp³-hybridized carbons (Fsp3) is 0.167. The zero-order valence-electron chi connectivity index (χ0n) is 15.8. The molecule has 4 rings (SSSR count). The highest BCUT2D eigenvalue weighted by molar-refractivity contribution is 6.05. The lowest BCUT2D eigenvalue weighted by Crippen LogP contribution is -2.24. The van der Waals surface area contributed by atoms with Crippen LogP contribution in [0, 0.1) is 5.82 Å². The third-order valence-electron chi connectivity index (χ3n) is 5.16. The van der Waals surface area contributed by atoms with Crippen molar-refractivity contribution in [2.75, 3.05) is 10.6 Å². The normalized spacial score (nSPS) is 15.3. The van der Waals surface area contributed by atoms with E-state index in [9.17, 15) is 14.0 Å². The van der Waals surface area contributed by atoms with Crippen LogP contribution in [0.15, 0.2) is 72.8 Å². The second-order valence-electron chi connectivity index (χ2n) is 7.18. The zero-order chi connectivity index (χ0) is 20.2. The summed E-state index contributed by atoms with van der Waals surface area (Å²) in [6.45, 7) is 0. The minimum absolute atomic E-state index is 0.0696. The van der Waals surface area contributed by atoms with Gasteiger partial charge in [-0.1, -0.05) is 36.4 Å². The third kappa shape index (κ3) is 4.35. The van der Waals surface area contributed by atoms with E-state index in [4.69, 9.17) is 0 Å². The van der Waals surface area contributed by atoms with Crippen LogP contribution in [0.25, 0.3) is 0 Å². The number of carbonyl (C=O) groups excluding carboxylic acids is 2. The summed E-state index contributed by atoms with van der Waals surface area (Å²) in [5.41, 5.74) is 3.63. The molecule has 0 radical (unpaired) electrons. The van der Waals surface area contributed by atoms with E-state index >= 15 is 0 Å². The molecule has 3 aromatic carbocycles. The van der Waals surface area contributed by atoms with Crippen molar-refractivity contribution in [1.82, 2.24) is 0 Å². The molecule has 0 aromatic heterocycles. The minimum atomic E-state index is -0.420. The van der Waals surface area contributed by atoms with Crippen LogP contribution in [0.4, 0.5) is 15.8 Å². The van der Waals surface area contributed by atoms with Crippen molar-refractivity contribution in [3.05, 3.63) is 95.3 Å². The number of anilines is 2. The molecule has 1 aliphatic rings. The molecule has 0 heterocycles. The molecule has 0 saturated heterocycles. The first-order valence-corrected chi connectivity index (χ1v) is 9.66. The molecule has 3 aromatic rings. The number of aryl methyl sites for hydroxylation is 1. The van der Waals surface area contributed by atoms with Gasteiger partial charge in [-0.2, -0.15) is 0 Å². The van der Waals surface area contributed by atoms with Crippen molar-refractivity contribution in [1.29, 1.82) is 0 Å². The van der Waals surface area contributed by atoms with Gasteiger partial charge in [-0.3, -0.25) is 9.59 Å². The van der Waals surface area contributed by atoms with Gasteiger partial charge in [0.25, 0.3) is 5.91 Å². The van der Waals surface area contributed by atoms with Gasteiger partial charge in [-0.15, -0.1) is 0 Å². The number of rotatable bonds is 4. The maximum absolute atomic E-state index is 13.3. The Morgan fingerprint density at radius 1 is 0.862 bits per heavy atom. The van der Waals surface area contributed by atoms with Gasteiger partial charge in [0.05, 0.1) is 5.92 Å². The lowest BCUT2D eigenvalue weighted by Gasteiger charge is -2.24. The highest BCUT2D eigenvalue weighted by Crippen LogP contribution is 2.32. The van der Waals surface area contributed by atoms with E-state index in [1.807, 2.05) is 18.2 Å². The summed E-state index contributed by atoms with van der Waals surface area (Å²) in [4.78, 5) is 25.4. The van der Waals surface area contributed by atoms with Crippen LogP contribution in [0.2, 0.25) is 0 Å². The minimum Gasteiger partial charge on any atom is -0.326 e. The monoisotopic (exact) mass is 388 g/mol. The second-order valence-corrected chi connectivity index (χ2v) is 7.18. The molecule has 29 heavy (non-hydrogen) atoms. The molecule has 2 amide bonds. The van der Waals surface area contributed by atoms with Gasteiger partial charge in [0.15, 0.2) is 0 Å². The second kappa shape index (κ2) is 8.27. The fourth-order valence-corrected chi connectivity index (χ4v) is 3.76. The third-order valence-corrected chi connectivity index (χ3v) is 5.16. The van der Waals surface area contributed by atoms with Crippen LogP contribution in [0.5, 0.6) is 0 Å². The maximum Gasteiger partial charge on any atom is 0.255 e. The van der Waals surface area contributed by atoms with Gasteiger partial charge in [-0.25, -0.2) is 4.39 Å². The molecule has 5 heteroatoms. The summed E-state index contributed by atoms with van der Waals surface area (Å²) in [6.07, 6.45) is 2.78. The number of hydrogen-bond acceptors (Lipinski definition) is 2. The lowest BCUT2D eigenvalue weighted by molar-refractivity contribution is -0.117. The first-order valence-electron chi connectivity index (χ1n) is 9.66. The number of fused-ring (bicyclic) bond motifs is 1. The molecule has 0 fully saturated rings. The van der Waals surface area contributed by atoms with Gasteiger partial charge in [0.2, 0.25) is 5.91 Å². The molecule has 2 N–H and O–H groups in total. The van der Waals surface area contributed by atoms with Crippen LogP contribution in [0.1, 0.15) is 40.2 Å². The summed E-state index contributed by atoms with van der Waals surface area (Å²) >= 11 is 0. The molecule has 0 bridgehead atoms. The number of benzene rings is 3. The van der Waals surface area contributed by atoms with Crippen LogP contribution in [0.3, 0.4) is 0 Å². The van der Waals surface area contributed by atoms with E-state index in [2.05, 4.69) is 16.7 Å². The summed E-state index contributed by atoms with van der Waals surface area (Å²) in [7, 11) is 0. The maximum atomic E-state index is 13.3. The topological polar surface area (TPSA) is 58.2 Å². The lowest BCUT2D eigenvalue weighted by atomic mass is 9.82. The van der Waals surface area contributed by atoms with Gasteiger partial charge in [0.1, 0.15) is 5.82 Å². The summed E-state index contributed by atoms with van der Waals surface area (Å²) < 4.78 is 13.3. The quantitative estimate of drug-likeness (QED) is 0.650. The van der Waals surface area contributed by atoms with Crippen molar-refractivity contribution in [2.24, 2.45) is 0 Å². The molecule has 0 spiro atoms. The van der Waals surface area contributed by atoms with E-state index in [1.165, 1.54) is 23.8 Å². The van der Waals surface area contributed by atoms with Crippen LogP contribution in [-0.2, 0) is 11.2 Å². The van der Waals surface area contributed by atoms with Crippen molar-refractivity contribution >= 4 is 23.2 Å². The van der Waals surface area contributed by atoms with E-state index in [0.717, 1.165) is 24.8 Å². The van der Waals surface area contributed by atoms with Crippen LogP contribution in [-0.4, -0.2) is 11.8 Å². The SMILES string of the molecule is O=C(Nc1cccc(F)c1)c1cccc(NC(=O)C2CCCc3ccccc32)c1. The smallest absolute Gasteiger partial charge is 0.255 e. The number of carbonyl (C=O) groups is 2. The number of amides is 2. The standard InChI is InChI=1S/C24H21FN2O2/c25-18-9-5-11-20(15-18)26-23(28)17-8-3-10-19(14-17)27-24(29)22-13-4-7-16-6-1-2-12-21(16)22/h1-3,5-6,8-12,14-15,22H,4,7,13H2,(H,26,28)(H,27,29). The predicted octanol–water partition coefficient (Wildman–Crippen LogP) is 5.14. The number of halogens is 1.